The second-order valence-corrected chi connectivity index (χ2v) is 9.42. The van der Waals surface area contributed by atoms with Gasteiger partial charge in [0.1, 0.15) is 0 Å². The lowest BCUT2D eigenvalue weighted by molar-refractivity contribution is -0.143. The minimum Gasteiger partial charge on any atom is -0.424 e. The van der Waals surface area contributed by atoms with Crippen molar-refractivity contribution in [1.29, 1.82) is 0 Å². The van der Waals surface area contributed by atoms with Gasteiger partial charge in [-0.1, -0.05) is 13.8 Å². The van der Waals surface area contributed by atoms with Gasteiger partial charge in [-0.05, 0) is 39.3 Å². The van der Waals surface area contributed by atoms with E-state index in [1.165, 1.54) is 0 Å². The minimum atomic E-state index is 0.148. The summed E-state index contributed by atoms with van der Waals surface area (Å²) in [6.45, 7) is 11.5. The van der Waals surface area contributed by atoms with Crippen molar-refractivity contribution >= 4 is 5.91 Å². The van der Waals surface area contributed by atoms with Gasteiger partial charge in [-0.15, -0.1) is 10.2 Å². The third-order valence-electron chi connectivity index (χ3n) is 6.14. The molecule has 0 bridgehead atoms. The summed E-state index contributed by atoms with van der Waals surface area (Å²) in [5, 5.41) is 13.0. The highest BCUT2D eigenvalue weighted by atomic mass is 16.4. The van der Waals surface area contributed by atoms with Crippen LogP contribution in [0.1, 0.15) is 55.9 Å². The van der Waals surface area contributed by atoms with Crippen LogP contribution < -0.4 is 0 Å². The molecule has 8 nitrogen and oxygen atoms in total. The summed E-state index contributed by atoms with van der Waals surface area (Å²) in [5.41, 5.74) is 2.25. The van der Waals surface area contributed by atoms with E-state index in [-0.39, 0.29) is 17.4 Å². The van der Waals surface area contributed by atoms with Crippen molar-refractivity contribution in [2.45, 2.75) is 59.5 Å². The largest absolute Gasteiger partial charge is 0.424 e. The Hall–Kier alpha value is -2.22. The predicted octanol–water partition coefficient (Wildman–Crippen LogP) is 2.38. The highest BCUT2D eigenvalue weighted by Crippen LogP contribution is 2.47. The molecule has 8 heteroatoms. The van der Waals surface area contributed by atoms with Crippen molar-refractivity contribution in [2.24, 2.45) is 11.3 Å². The van der Waals surface area contributed by atoms with Crippen molar-refractivity contribution in [3.8, 4) is 0 Å². The molecule has 0 N–H and O–H groups in total. The molecule has 2 aliphatic heterocycles. The first-order valence-corrected chi connectivity index (χ1v) is 10.6. The molecule has 0 aliphatic carbocycles. The lowest BCUT2D eigenvalue weighted by Gasteiger charge is -2.48. The molecule has 2 aliphatic rings. The van der Waals surface area contributed by atoms with Crippen LogP contribution in [0.5, 0.6) is 0 Å². The van der Waals surface area contributed by atoms with Crippen LogP contribution in [-0.2, 0) is 17.8 Å². The minimum absolute atomic E-state index is 0.148. The van der Waals surface area contributed by atoms with E-state index in [1.54, 1.807) is 0 Å². The molecule has 2 aromatic rings. The van der Waals surface area contributed by atoms with E-state index in [0.717, 1.165) is 49.8 Å². The molecule has 1 atom stereocenters. The lowest BCUT2D eigenvalue weighted by atomic mass is 9.77. The van der Waals surface area contributed by atoms with E-state index in [1.807, 2.05) is 29.5 Å². The Kier molecular flexibility index (Phi) is 5.23. The fraction of sp³-hybridized carbons (Fsp3) is 0.714. The first-order chi connectivity index (χ1) is 13.7. The number of amides is 1. The van der Waals surface area contributed by atoms with Gasteiger partial charge in [-0.3, -0.25) is 14.4 Å². The zero-order valence-electron chi connectivity index (χ0n) is 18.2. The lowest BCUT2D eigenvalue weighted by Crippen LogP contribution is -2.59. The number of nitrogens with zero attached hydrogens (tertiary/aromatic N) is 6. The number of hydrogen-bond acceptors (Lipinski definition) is 6. The van der Waals surface area contributed by atoms with Crippen LogP contribution in [0.4, 0.5) is 0 Å². The Morgan fingerprint density at radius 1 is 1.28 bits per heavy atom. The zero-order valence-corrected chi connectivity index (χ0v) is 18.2. The van der Waals surface area contributed by atoms with Crippen molar-refractivity contribution in [1.82, 2.24) is 29.8 Å². The monoisotopic (exact) mass is 400 g/mol. The SMILES string of the molecule is Cc1cc(C)n(CCC(=O)N2CC3(CC(c4nnc(CC(C)C)o4)N(C)C3)C2)n1. The maximum Gasteiger partial charge on any atom is 0.233 e. The van der Waals surface area contributed by atoms with Crippen molar-refractivity contribution in [3.63, 3.8) is 0 Å². The average molecular weight is 401 g/mol. The summed E-state index contributed by atoms with van der Waals surface area (Å²) in [6, 6.07) is 2.19. The van der Waals surface area contributed by atoms with Gasteiger partial charge in [0.05, 0.1) is 11.7 Å². The van der Waals surface area contributed by atoms with Crippen LogP contribution in [0.25, 0.3) is 0 Å². The Labute approximate surface area is 172 Å². The second kappa shape index (κ2) is 7.55. The molecule has 0 aromatic carbocycles. The quantitative estimate of drug-likeness (QED) is 0.741. The van der Waals surface area contributed by atoms with Crippen LogP contribution >= 0.6 is 0 Å². The van der Waals surface area contributed by atoms with Crippen LogP contribution in [0.15, 0.2) is 10.5 Å². The molecule has 1 unspecified atom stereocenters. The Morgan fingerprint density at radius 2 is 2.03 bits per heavy atom. The molecule has 2 saturated heterocycles. The predicted molar refractivity (Wildman–Crippen MR) is 108 cm³/mol. The van der Waals surface area contributed by atoms with Crippen molar-refractivity contribution in [3.05, 3.63) is 29.2 Å². The summed E-state index contributed by atoms with van der Waals surface area (Å²) >= 11 is 0. The van der Waals surface area contributed by atoms with Crippen LogP contribution in [0.2, 0.25) is 0 Å². The molecular weight excluding hydrogens is 368 g/mol. The molecular formula is C21H32N6O2. The first kappa shape index (κ1) is 20.1. The van der Waals surface area contributed by atoms with Gasteiger partial charge in [-0.25, -0.2) is 0 Å². The van der Waals surface area contributed by atoms with Gasteiger partial charge in [-0.2, -0.15) is 5.10 Å². The Morgan fingerprint density at radius 3 is 2.69 bits per heavy atom. The van der Waals surface area contributed by atoms with E-state index < -0.39 is 0 Å². The highest BCUT2D eigenvalue weighted by Gasteiger charge is 2.53. The maximum absolute atomic E-state index is 12.6. The van der Waals surface area contributed by atoms with Gasteiger partial charge in [0.15, 0.2) is 0 Å². The van der Waals surface area contributed by atoms with Crippen LogP contribution in [0, 0.1) is 25.2 Å². The smallest absolute Gasteiger partial charge is 0.233 e. The third kappa shape index (κ3) is 4.08. The van der Waals surface area contributed by atoms with Crippen molar-refractivity contribution < 1.29 is 9.21 Å². The zero-order chi connectivity index (χ0) is 20.8. The number of carbonyl (C=O) groups is 1. The summed E-state index contributed by atoms with van der Waals surface area (Å²) in [4.78, 5) is 16.9. The molecule has 2 fully saturated rings. The van der Waals surface area contributed by atoms with Gasteiger partial charge < -0.3 is 9.32 Å². The molecule has 1 amide bonds. The van der Waals surface area contributed by atoms with Gasteiger partial charge in [0.2, 0.25) is 17.7 Å². The molecule has 1 spiro atoms. The maximum atomic E-state index is 12.6. The van der Waals surface area contributed by atoms with Gasteiger partial charge in [0, 0.05) is 50.1 Å². The summed E-state index contributed by atoms with van der Waals surface area (Å²) < 4.78 is 7.85. The first-order valence-electron chi connectivity index (χ1n) is 10.6. The van der Waals surface area contributed by atoms with Gasteiger partial charge in [0.25, 0.3) is 0 Å². The molecule has 4 heterocycles. The number of hydrogen-bond donors (Lipinski definition) is 0. The third-order valence-corrected chi connectivity index (χ3v) is 6.14. The number of rotatable bonds is 6. The van der Waals surface area contributed by atoms with Gasteiger partial charge >= 0.3 is 0 Å². The van der Waals surface area contributed by atoms with E-state index in [0.29, 0.717) is 24.8 Å². The standard InChI is InChI=1S/C21H32N6O2/c1-14(2)8-18-22-23-20(29-18)17-10-21(11-25(17)5)12-26(13-21)19(28)6-7-27-16(4)9-15(3)24-27/h9,14,17H,6-8,10-13H2,1-5H3. The molecule has 158 valence electrons. The Balaban J connectivity index is 1.31. The van der Waals surface area contributed by atoms with Crippen molar-refractivity contribution in [2.75, 3.05) is 26.7 Å². The number of carbonyl (C=O) groups excluding carboxylic acids is 1. The number of aryl methyl sites for hydroxylation is 3. The normalized spacial score (nSPS) is 21.3. The van der Waals surface area contributed by atoms with Crippen LogP contribution in [-0.4, -0.2) is 62.4 Å². The number of aromatic nitrogens is 4. The van der Waals surface area contributed by atoms with E-state index in [9.17, 15) is 4.79 Å². The van der Waals surface area contributed by atoms with E-state index in [4.69, 9.17) is 4.42 Å². The van der Waals surface area contributed by atoms with E-state index in [2.05, 4.69) is 41.1 Å². The Bertz CT molecular complexity index is 880. The molecule has 0 saturated carbocycles. The fourth-order valence-corrected chi connectivity index (χ4v) is 4.81. The van der Waals surface area contributed by atoms with Crippen LogP contribution in [0.3, 0.4) is 0 Å². The van der Waals surface area contributed by atoms with E-state index >= 15 is 0 Å². The topological polar surface area (TPSA) is 80.3 Å². The molecule has 2 aromatic heterocycles. The summed E-state index contributed by atoms with van der Waals surface area (Å²) in [6.07, 6.45) is 2.28. The fourth-order valence-electron chi connectivity index (χ4n) is 4.81. The molecule has 29 heavy (non-hydrogen) atoms. The second-order valence-electron chi connectivity index (χ2n) is 9.42. The highest BCUT2D eigenvalue weighted by molar-refractivity contribution is 5.77. The molecule has 0 radical (unpaired) electrons. The number of likely N-dealkylation sites (tertiary alicyclic amines) is 2. The molecule has 4 rings (SSSR count). The summed E-state index contributed by atoms with van der Waals surface area (Å²) in [7, 11) is 2.11. The average Bonchev–Trinajstić information content (AvgIpc) is 3.28. The summed E-state index contributed by atoms with van der Waals surface area (Å²) in [5.74, 6) is 2.15.